The van der Waals surface area contributed by atoms with Crippen molar-refractivity contribution in [1.82, 2.24) is 14.8 Å². The molecule has 1 amide bonds. The van der Waals surface area contributed by atoms with E-state index in [0.29, 0.717) is 16.5 Å². The maximum absolute atomic E-state index is 12.3. The van der Waals surface area contributed by atoms with E-state index in [1.54, 1.807) is 12.1 Å². The second kappa shape index (κ2) is 6.60. The van der Waals surface area contributed by atoms with Crippen molar-refractivity contribution in [3.63, 3.8) is 0 Å². The molecule has 30 heavy (non-hydrogen) atoms. The molecule has 1 spiro atoms. The van der Waals surface area contributed by atoms with Gasteiger partial charge in [0.05, 0.1) is 26.2 Å². The zero-order valence-corrected chi connectivity index (χ0v) is 17.2. The van der Waals surface area contributed by atoms with Gasteiger partial charge in [0, 0.05) is 11.3 Å². The predicted octanol–water partition coefficient (Wildman–Crippen LogP) is 3.66. The lowest BCUT2D eigenvalue weighted by molar-refractivity contribution is -0.117. The fourth-order valence-corrected chi connectivity index (χ4v) is 4.52. The maximum atomic E-state index is 12.3. The molecule has 11 heteroatoms. The molecule has 1 aromatic heterocycles. The van der Waals surface area contributed by atoms with Crippen LogP contribution in [0.3, 0.4) is 0 Å². The van der Waals surface area contributed by atoms with Gasteiger partial charge in [-0.2, -0.15) is 9.78 Å². The molecule has 1 aliphatic heterocycles. The molecule has 2 heterocycles. The van der Waals surface area contributed by atoms with Crippen LogP contribution in [0.1, 0.15) is 18.4 Å². The summed E-state index contributed by atoms with van der Waals surface area (Å²) in [6.07, 6.45) is 2.42. The number of hydrogen-bond acceptors (Lipinski definition) is 5. The van der Waals surface area contributed by atoms with Gasteiger partial charge in [0.2, 0.25) is 5.91 Å². The summed E-state index contributed by atoms with van der Waals surface area (Å²) in [5, 5.41) is 7.13. The Morgan fingerprint density at radius 2 is 1.77 bits per heavy atom. The lowest BCUT2D eigenvalue weighted by atomic mass is 9.97. The molecule has 8 nitrogen and oxygen atoms in total. The predicted molar refractivity (Wildman–Crippen MR) is 112 cm³/mol. The van der Waals surface area contributed by atoms with Crippen LogP contribution in [0.4, 0.5) is 5.69 Å². The number of carbonyl (C=O) groups is 1. The van der Waals surface area contributed by atoms with Crippen LogP contribution in [-0.2, 0) is 10.2 Å². The third kappa shape index (κ3) is 2.83. The molecule has 0 unspecified atom stereocenters. The highest BCUT2D eigenvalue weighted by Crippen LogP contribution is 2.59. The first-order chi connectivity index (χ1) is 14.3. The molecule has 152 valence electrons. The minimum atomic E-state index is -0.739. The Hall–Kier alpha value is -2.81. The third-order valence-electron chi connectivity index (χ3n) is 5.17. The topological polar surface area (TPSA) is 106 Å². The lowest BCUT2D eigenvalue weighted by Crippen LogP contribution is -2.30. The largest absolute Gasteiger partial charge is 0.453 e. The number of rotatable bonds is 3. The van der Waals surface area contributed by atoms with E-state index in [0.717, 1.165) is 29.3 Å². The van der Waals surface area contributed by atoms with Gasteiger partial charge >= 0.3 is 5.69 Å². The van der Waals surface area contributed by atoms with E-state index in [-0.39, 0.29) is 27.4 Å². The monoisotopic (exact) mass is 464 g/mol. The summed E-state index contributed by atoms with van der Waals surface area (Å²) < 4.78 is 6.84. The van der Waals surface area contributed by atoms with Crippen molar-refractivity contribution in [1.29, 1.82) is 0 Å². The molecule has 2 aromatic carbocycles. The van der Waals surface area contributed by atoms with Gasteiger partial charge in [-0.3, -0.25) is 14.6 Å². The van der Waals surface area contributed by atoms with Gasteiger partial charge in [0.15, 0.2) is 5.75 Å². The highest BCUT2D eigenvalue weighted by Gasteiger charge is 2.57. The zero-order valence-electron chi connectivity index (χ0n) is 15.0. The summed E-state index contributed by atoms with van der Waals surface area (Å²) in [4.78, 5) is 37.5. The van der Waals surface area contributed by atoms with Gasteiger partial charge in [-0.05, 0) is 37.1 Å². The summed E-state index contributed by atoms with van der Waals surface area (Å²) in [5.41, 5.74) is -0.311. The Morgan fingerprint density at radius 3 is 2.40 bits per heavy atom. The van der Waals surface area contributed by atoms with Gasteiger partial charge in [-0.25, -0.2) is 4.79 Å². The number of aromatic amines is 1. The molecule has 2 aliphatic rings. The molecule has 3 aromatic rings. The summed E-state index contributed by atoms with van der Waals surface area (Å²) >= 11 is 19.3. The molecular formula is C19H11Cl3N4O4. The van der Waals surface area contributed by atoms with Crippen LogP contribution in [0.5, 0.6) is 11.5 Å². The van der Waals surface area contributed by atoms with E-state index in [2.05, 4.69) is 15.4 Å². The number of hydrogen-bond donors (Lipinski definition) is 2. The molecule has 0 radical (unpaired) electrons. The maximum Gasteiger partial charge on any atom is 0.349 e. The SMILES string of the molecule is O=C1Nc2ccc(Oc3c(Cl)cc(-n4ncc(=O)[nH]c4=O)cc3Cl)c(Cl)c2C12CC2. The number of carbonyl (C=O) groups excluding carboxylic acids is 1. The Balaban J connectivity index is 1.54. The average Bonchev–Trinajstić information content (AvgIpc) is 3.42. The van der Waals surface area contributed by atoms with Crippen molar-refractivity contribution in [2.45, 2.75) is 18.3 Å². The van der Waals surface area contributed by atoms with E-state index in [1.807, 2.05) is 0 Å². The van der Waals surface area contributed by atoms with Crippen LogP contribution in [0, 0.1) is 0 Å². The van der Waals surface area contributed by atoms with E-state index >= 15 is 0 Å². The van der Waals surface area contributed by atoms with Crippen molar-refractivity contribution in [2.75, 3.05) is 5.32 Å². The van der Waals surface area contributed by atoms with E-state index in [4.69, 9.17) is 39.5 Å². The van der Waals surface area contributed by atoms with Crippen LogP contribution in [-0.4, -0.2) is 20.7 Å². The molecule has 0 saturated heterocycles. The summed E-state index contributed by atoms with van der Waals surface area (Å²) in [6.45, 7) is 0. The molecule has 0 bridgehead atoms. The van der Waals surface area contributed by atoms with E-state index < -0.39 is 16.7 Å². The average molecular weight is 466 g/mol. The van der Waals surface area contributed by atoms with Crippen LogP contribution in [0.15, 0.2) is 40.1 Å². The quantitative estimate of drug-likeness (QED) is 0.614. The molecule has 1 fully saturated rings. The highest BCUT2D eigenvalue weighted by molar-refractivity contribution is 6.38. The number of fused-ring (bicyclic) bond motifs is 2. The number of aromatic nitrogens is 3. The highest BCUT2D eigenvalue weighted by atomic mass is 35.5. The number of amides is 1. The number of nitrogens with one attached hydrogen (secondary N) is 2. The first kappa shape index (κ1) is 19.2. The van der Waals surface area contributed by atoms with Crippen LogP contribution < -0.4 is 21.3 Å². The van der Waals surface area contributed by atoms with Crippen molar-refractivity contribution in [3.8, 4) is 17.2 Å². The number of halogens is 3. The number of anilines is 1. The van der Waals surface area contributed by atoms with E-state index in [9.17, 15) is 14.4 Å². The minimum absolute atomic E-state index is 0.0594. The Labute approximate surface area is 183 Å². The van der Waals surface area contributed by atoms with Gasteiger partial charge in [0.1, 0.15) is 11.9 Å². The Kier molecular flexibility index (Phi) is 4.22. The second-order valence-electron chi connectivity index (χ2n) is 7.03. The van der Waals surface area contributed by atoms with Crippen LogP contribution >= 0.6 is 34.8 Å². The fourth-order valence-electron chi connectivity index (χ4n) is 3.58. The number of nitrogens with zero attached hydrogens (tertiary/aromatic N) is 2. The molecular weight excluding hydrogens is 455 g/mol. The second-order valence-corrected chi connectivity index (χ2v) is 8.22. The standard InChI is InChI=1S/C19H11Cl3N4O4/c20-9-5-8(26-18(29)25-13(27)7-23-26)6-10(21)16(9)30-12-2-1-11-14(15(12)22)19(3-4-19)17(28)24-11/h1-2,5-7H,3-4H2,(H,24,28)(H,25,27,29). The summed E-state index contributed by atoms with van der Waals surface area (Å²) in [5.74, 6) is 0.369. The van der Waals surface area contributed by atoms with Gasteiger partial charge in [-0.1, -0.05) is 34.8 Å². The van der Waals surface area contributed by atoms with Crippen molar-refractivity contribution >= 4 is 46.4 Å². The fraction of sp³-hybridized carbons (Fsp3) is 0.158. The van der Waals surface area contributed by atoms with Crippen molar-refractivity contribution < 1.29 is 9.53 Å². The third-order valence-corrected chi connectivity index (χ3v) is 6.11. The van der Waals surface area contributed by atoms with Crippen molar-refractivity contribution in [3.05, 3.63) is 71.9 Å². The van der Waals surface area contributed by atoms with Gasteiger partial charge < -0.3 is 10.1 Å². The number of H-pyrrole nitrogens is 1. The zero-order chi connectivity index (χ0) is 21.2. The van der Waals surface area contributed by atoms with Crippen LogP contribution in [0.25, 0.3) is 5.69 Å². The molecule has 1 saturated carbocycles. The smallest absolute Gasteiger partial charge is 0.349 e. The first-order valence-electron chi connectivity index (χ1n) is 8.80. The molecule has 0 atom stereocenters. The lowest BCUT2D eigenvalue weighted by Gasteiger charge is -2.15. The Morgan fingerprint density at radius 1 is 1.07 bits per heavy atom. The van der Waals surface area contributed by atoms with Gasteiger partial charge in [0.25, 0.3) is 5.56 Å². The van der Waals surface area contributed by atoms with Crippen molar-refractivity contribution in [2.24, 2.45) is 0 Å². The van der Waals surface area contributed by atoms with Gasteiger partial charge in [-0.15, -0.1) is 0 Å². The van der Waals surface area contributed by atoms with Crippen LogP contribution in [0.2, 0.25) is 15.1 Å². The normalized spacial score (nSPS) is 15.8. The first-order valence-corrected chi connectivity index (χ1v) is 9.94. The molecule has 2 N–H and O–H groups in total. The van der Waals surface area contributed by atoms with E-state index in [1.165, 1.54) is 12.1 Å². The Bertz CT molecular complexity index is 1340. The minimum Gasteiger partial charge on any atom is -0.453 e. The molecule has 5 rings (SSSR count). The number of benzene rings is 2. The summed E-state index contributed by atoms with van der Waals surface area (Å²) in [7, 11) is 0. The molecule has 1 aliphatic carbocycles. The number of ether oxygens (including phenoxy) is 1. The summed E-state index contributed by atoms with van der Waals surface area (Å²) in [6, 6.07) is 6.19.